The molecule has 1 saturated carbocycles. The minimum absolute atomic E-state index is 0.0613. The average molecular weight is 442 g/mol. The summed E-state index contributed by atoms with van der Waals surface area (Å²) < 4.78 is 23.8. The summed E-state index contributed by atoms with van der Waals surface area (Å²) in [5, 5.41) is 19.6. The second-order valence-electron chi connectivity index (χ2n) is 7.52. The zero-order valence-corrected chi connectivity index (χ0v) is 17.1. The molecule has 3 rings (SSSR count). The van der Waals surface area contributed by atoms with Crippen LogP contribution in [0, 0.1) is 17.7 Å². The number of hydrogen-bond acceptors (Lipinski definition) is 6. The number of halogens is 1. The predicted octanol–water partition coefficient (Wildman–Crippen LogP) is 3.03. The summed E-state index contributed by atoms with van der Waals surface area (Å²) in [5.74, 6) is -3.60. The number of carbonyl (C=O) groups excluding carboxylic acids is 2. The normalized spacial score (nSPS) is 22.6. The van der Waals surface area contributed by atoms with Gasteiger partial charge in [0.1, 0.15) is 17.7 Å². The molecule has 168 valence electrons. The van der Waals surface area contributed by atoms with Gasteiger partial charge in [-0.2, -0.15) is 0 Å². The molecule has 0 heterocycles. The van der Waals surface area contributed by atoms with E-state index in [1.165, 1.54) is 36.4 Å². The molecule has 1 aliphatic rings. The van der Waals surface area contributed by atoms with E-state index in [4.69, 9.17) is 9.47 Å². The number of ketones is 1. The molecule has 1 aliphatic carbocycles. The number of carboxylic acids is 1. The highest BCUT2D eigenvalue weighted by Crippen LogP contribution is 2.38. The maximum absolute atomic E-state index is 12.9. The van der Waals surface area contributed by atoms with E-state index in [1.807, 2.05) is 0 Å². The van der Waals surface area contributed by atoms with Gasteiger partial charge in [0.2, 0.25) is 0 Å². The van der Waals surface area contributed by atoms with Crippen LogP contribution >= 0.6 is 0 Å². The Morgan fingerprint density at radius 2 is 1.75 bits per heavy atom. The Labute approximate surface area is 184 Å². The van der Waals surface area contributed by atoms with Crippen LogP contribution in [0.4, 0.5) is 4.39 Å². The molecule has 0 spiro atoms. The van der Waals surface area contributed by atoms with Gasteiger partial charge in [0.15, 0.2) is 12.4 Å². The van der Waals surface area contributed by atoms with Gasteiger partial charge in [-0.15, -0.1) is 0 Å². The molecule has 2 N–H and O–H groups in total. The van der Waals surface area contributed by atoms with E-state index < -0.39 is 47.6 Å². The van der Waals surface area contributed by atoms with Gasteiger partial charge in [0.25, 0.3) is 0 Å². The fourth-order valence-corrected chi connectivity index (χ4v) is 3.70. The van der Waals surface area contributed by atoms with Gasteiger partial charge in [-0.3, -0.25) is 9.59 Å². The monoisotopic (exact) mass is 442 g/mol. The van der Waals surface area contributed by atoms with Crippen LogP contribution in [-0.2, 0) is 14.3 Å². The van der Waals surface area contributed by atoms with Gasteiger partial charge in [0.05, 0.1) is 18.1 Å². The van der Waals surface area contributed by atoms with Crippen molar-refractivity contribution in [1.82, 2.24) is 0 Å². The second-order valence-corrected chi connectivity index (χ2v) is 7.52. The number of aliphatic hydroxyl groups excluding tert-OH is 1. The summed E-state index contributed by atoms with van der Waals surface area (Å²) in [4.78, 5) is 35.9. The van der Waals surface area contributed by atoms with Crippen LogP contribution in [-0.4, -0.2) is 46.7 Å². The van der Waals surface area contributed by atoms with Crippen molar-refractivity contribution in [3.8, 4) is 5.75 Å². The summed E-state index contributed by atoms with van der Waals surface area (Å²) in [6.07, 6.45) is 0.624. The highest BCUT2D eigenvalue weighted by molar-refractivity contribution is 5.91. The fraction of sp³-hybridized carbons (Fsp3) is 0.292. The Morgan fingerprint density at radius 3 is 2.41 bits per heavy atom. The first kappa shape index (κ1) is 23.1. The highest BCUT2D eigenvalue weighted by Gasteiger charge is 2.44. The Hall–Kier alpha value is -3.52. The predicted molar refractivity (Wildman–Crippen MR) is 112 cm³/mol. The van der Waals surface area contributed by atoms with E-state index in [2.05, 4.69) is 0 Å². The van der Waals surface area contributed by atoms with Gasteiger partial charge in [-0.25, -0.2) is 9.18 Å². The van der Waals surface area contributed by atoms with Crippen LogP contribution in [0.3, 0.4) is 0 Å². The zero-order valence-electron chi connectivity index (χ0n) is 17.1. The topological polar surface area (TPSA) is 110 Å². The Morgan fingerprint density at radius 1 is 1.06 bits per heavy atom. The Bertz CT molecular complexity index is 972. The number of benzene rings is 2. The van der Waals surface area contributed by atoms with Crippen molar-refractivity contribution in [3.05, 3.63) is 78.1 Å². The van der Waals surface area contributed by atoms with Crippen LogP contribution in [0.25, 0.3) is 0 Å². The number of carbonyl (C=O) groups is 3. The first-order valence-electron chi connectivity index (χ1n) is 10.1. The van der Waals surface area contributed by atoms with Gasteiger partial charge < -0.3 is 19.7 Å². The van der Waals surface area contributed by atoms with E-state index in [0.717, 1.165) is 0 Å². The molecule has 4 atom stereocenters. The lowest BCUT2D eigenvalue weighted by Gasteiger charge is -2.21. The molecule has 7 nitrogen and oxygen atoms in total. The third-order valence-electron chi connectivity index (χ3n) is 5.27. The lowest BCUT2D eigenvalue weighted by molar-refractivity contribution is -0.139. The van der Waals surface area contributed by atoms with Gasteiger partial charge in [-0.05, 0) is 42.5 Å². The van der Waals surface area contributed by atoms with E-state index in [-0.39, 0.29) is 19.4 Å². The maximum atomic E-state index is 12.9. The largest absolute Gasteiger partial charge is 0.485 e. The van der Waals surface area contributed by atoms with E-state index in [1.54, 1.807) is 30.3 Å². The van der Waals surface area contributed by atoms with Crippen molar-refractivity contribution in [2.45, 2.75) is 25.0 Å². The van der Waals surface area contributed by atoms with Crippen molar-refractivity contribution >= 4 is 17.7 Å². The van der Waals surface area contributed by atoms with Crippen molar-refractivity contribution in [1.29, 1.82) is 0 Å². The van der Waals surface area contributed by atoms with Crippen molar-refractivity contribution in [3.63, 3.8) is 0 Å². The van der Waals surface area contributed by atoms with Crippen molar-refractivity contribution in [2.75, 3.05) is 6.61 Å². The van der Waals surface area contributed by atoms with Gasteiger partial charge >= 0.3 is 11.9 Å². The summed E-state index contributed by atoms with van der Waals surface area (Å²) in [7, 11) is 0. The maximum Gasteiger partial charge on any atom is 0.338 e. The Kier molecular flexibility index (Phi) is 7.72. The van der Waals surface area contributed by atoms with Crippen LogP contribution in [0.15, 0.2) is 66.7 Å². The molecule has 0 saturated heterocycles. The third kappa shape index (κ3) is 6.24. The van der Waals surface area contributed by atoms with Crippen LogP contribution in [0.5, 0.6) is 5.75 Å². The number of hydrogen-bond donors (Lipinski definition) is 2. The Balaban J connectivity index is 1.68. The molecule has 0 amide bonds. The van der Waals surface area contributed by atoms with E-state index >= 15 is 0 Å². The molecule has 32 heavy (non-hydrogen) atoms. The minimum atomic E-state index is -1.10. The van der Waals surface area contributed by atoms with E-state index in [0.29, 0.717) is 11.3 Å². The summed E-state index contributed by atoms with van der Waals surface area (Å²) in [6.45, 7) is -0.310. The molecule has 1 fully saturated rings. The number of esters is 1. The average Bonchev–Trinajstić information content (AvgIpc) is 3.05. The highest BCUT2D eigenvalue weighted by atomic mass is 19.1. The van der Waals surface area contributed by atoms with Gasteiger partial charge in [-0.1, -0.05) is 24.3 Å². The quantitative estimate of drug-likeness (QED) is 0.454. The molecular formula is C24H23FO7. The summed E-state index contributed by atoms with van der Waals surface area (Å²) >= 11 is 0. The minimum Gasteiger partial charge on any atom is -0.485 e. The second kappa shape index (κ2) is 10.7. The fourth-order valence-electron chi connectivity index (χ4n) is 3.70. The van der Waals surface area contributed by atoms with Crippen LogP contribution in [0.1, 0.15) is 23.2 Å². The molecule has 8 heteroatoms. The molecule has 0 aliphatic heterocycles. The first-order valence-corrected chi connectivity index (χ1v) is 10.1. The summed E-state index contributed by atoms with van der Waals surface area (Å²) in [5.41, 5.74) is 0.329. The lowest BCUT2D eigenvalue weighted by atomic mass is 9.90. The zero-order chi connectivity index (χ0) is 23.1. The standard InChI is InChI=1S/C24H23FO7/c25-16-6-9-18(10-7-16)31-14-17(26)8-11-19-20(12-23(28)29)21(27)13-22(19)32-24(30)15-4-2-1-3-5-15/h1-11,19-22,27H,12-14H2,(H,28,29)/t19-,20-,21+,22-/m0/s1. The number of ether oxygens (including phenoxy) is 2. The molecule has 2 aromatic carbocycles. The molecule has 0 bridgehead atoms. The lowest BCUT2D eigenvalue weighted by Crippen LogP contribution is -2.26. The molecule has 0 aromatic heterocycles. The van der Waals surface area contributed by atoms with Crippen molar-refractivity contribution < 1.29 is 38.5 Å². The third-order valence-corrected chi connectivity index (χ3v) is 5.27. The van der Waals surface area contributed by atoms with E-state index in [9.17, 15) is 29.0 Å². The van der Waals surface area contributed by atoms with Crippen LogP contribution < -0.4 is 4.74 Å². The molecule has 0 radical (unpaired) electrons. The van der Waals surface area contributed by atoms with Crippen molar-refractivity contribution in [2.24, 2.45) is 11.8 Å². The molecule has 2 aromatic rings. The number of aliphatic carboxylic acids is 1. The number of carboxylic acid groups (broad SMARTS) is 1. The summed E-state index contributed by atoms with van der Waals surface area (Å²) in [6, 6.07) is 13.5. The number of aliphatic hydroxyl groups is 1. The van der Waals surface area contributed by atoms with Gasteiger partial charge in [0, 0.05) is 18.3 Å². The first-order chi connectivity index (χ1) is 15.3. The molecule has 0 unspecified atom stereocenters. The SMILES string of the molecule is O=C(O)C[C@H]1[C@H](C=CC(=O)COc2ccc(F)cc2)[C@@H](OC(=O)c2ccccc2)C[C@H]1O. The molecular weight excluding hydrogens is 419 g/mol. The smallest absolute Gasteiger partial charge is 0.338 e. The number of rotatable bonds is 9. The van der Waals surface area contributed by atoms with Crippen LogP contribution in [0.2, 0.25) is 0 Å².